The lowest BCUT2D eigenvalue weighted by molar-refractivity contribution is 0.0700. The van der Waals surface area contributed by atoms with Gasteiger partial charge < -0.3 is 14.7 Å². The number of carbonyl (C=O) groups is 1. The number of carbonyl (C=O) groups excluding carboxylic acids is 1. The van der Waals surface area contributed by atoms with Crippen molar-refractivity contribution >= 4 is 29.4 Å². The number of halogens is 1. The summed E-state index contributed by atoms with van der Waals surface area (Å²) in [6.07, 6.45) is 4.43. The van der Waals surface area contributed by atoms with Crippen LogP contribution in [0.15, 0.2) is 10.6 Å². The monoisotopic (exact) mass is 378 g/mol. The second-order valence-electron chi connectivity index (χ2n) is 7.65. The Hall–Kier alpha value is -1.66. The van der Waals surface area contributed by atoms with Crippen LogP contribution in [0.5, 0.6) is 0 Å². The Morgan fingerprint density at radius 1 is 1.35 bits per heavy atom. The molecule has 0 spiro atoms. The lowest BCUT2D eigenvalue weighted by Gasteiger charge is -2.32. The standard InChI is InChI=1S/C19H26N4O2.ClH/c1-11(2)17-16-14(19(24)23-8-4-5-13(10-23)20-3)9-15(12-6-7-12)21-18(16)25-22-17;/h9,11-13,20H,4-8,10H2,1-3H3;1H. The number of likely N-dealkylation sites (N-methyl/N-ethyl adjacent to an activating group) is 1. The van der Waals surface area contributed by atoms with Gasteiger partial charge in [-0.15, -0.1) is 12.4 Å². The van der Waals surface area contributed by atoms with Crippen LogP contribution in [-0.2, 0) is 0 Å². The molecule has 142 valence electrons. The smallest absolute Gasteiger partial charge is 0.259 e. The molecule has 4 rings (SSSR count). The van der Waals surface area contributed by atoms with Crippen LogP contribution < -0.4 is 5.32 Å². The van der Waals surface area contributed by atoms with E-state index < -0.39 is 0 Å². The van der Waals surface area contributed by atoms with E-state index in [9.17, 15) is 4.79 Å². The molecule has 1 aliphatic heterocycles. The number of piperidine rings is 1. The van der Waals surface area contributed by atoms with Crippen LogP contribution in [0, 0.1) is 0 Å². The Labute approximate surface area is 160 Å². The van der Waals surface area contributed by atoms with Crippen LogP contribution in [0.3, 0.4) is 0 Å². The average Bonchev–Trinajstić information content (AvgIpc) is 3.39. The summed E-state index contributed by atoms with van der Waals surface area (Å²) < 4.78 is 5.51. The van der Waals surface area contributed by atoms with Crippen molar-refractivity contribution < 1.29 is 9.32 Å². The van der Waals surface area contributed by atoms with Gasteiger partial charge in [-0.1, -0.05) is 19.0 Å². The van der Waals surface area contributed by atoms with Crippen molar-refractivity contribution in [3.63, 3.8) is 0 Å². The van der Waals surface area contributed by atoms with Gasteiger partial charge in [0.05, 0.1) is 16.6 Å². The van der Waals surface area contributed by atoms with Crippen molar-refractivity contribution in [2.24, 2.45) is 0 Å². The number of amides is 1. The fraction of sp³-hybridized carbons (Fsp3) is 0.632. The molecule has 0 aromatic carbocycles. The van der Waals surface area contributed by atoms with E-state index in [-0.39, 0.29) is 24.2 Å². The average molecular weight is 379 g/mol. The maximum atomic E-state index is 13.3. The Kier molecular flexibility index (Phi) is 5.53. The van der Waals surface area contributed by atoms with Crippen LogP contribution in [0.2, 0.25) is 0 Å². The van der Waals surface area contributed by atoms with Gasteiger partial charge in [-0.05, 0) is 44.7 Å². The fourth-order valence-corrected chi connectivity index (χ4v) is 3.71. The predicted octanol–water partition coefficient (Wildman–Crippen LogP) is 3.47. The molecule has 6 nitrogen and oxygen atoms in total. The SMILES string of the molecule is CNC1CCCN(C(=O)c2cc(C3CC3)nc3onc(C(C)C)c23)C1.Cl. The Morgan fingerprint density at radius 2 is 2.12 bits per heavy atom. The minimum Gasteiger partial charge on any atom is -0.337 e. The number of hydrogen-bond acceptors (Lipinski definition) is 5. The van der Waals surface area contributed by atoms with Crippen molar-refractivity contribution in [2.75, 3.05) is 20.1 Å². The molecule has 2 aromatic heterocycles. The Bertz CT molecular complexity index is 800. The Morgan fingerprint density at radius 3 is 2.77 bits per heavy atom. The van der Waals surface area contributed by atoms with Crippen LogP contribution in [0.1, 0.15) is 73.1 Å². The lowest BCUT2D eigenvalue weighted by Crippen LogP contribution is -2.47. The first-order chi connectivity index (χ1) is 12.1. The summed E-state index contributed by atoms with van der Waals surface area (Å²) in [6, 6.07) is 2.36. The first kappa shape index (κ1) is 19.1. The van der Waals surface area contributed by atoms with Gasteiger partial charge in [-0.3, -0.25) is 4.79 Å². The van der Waals surface area contributed by atoms with E-state index in [0.29, 0.717) is 23.2 Å². The summed E-state index contributed by atoms with van der Waals surface area (Å²) in [4.78, 5) is 20.0. The molecular weight excluding hydrogens is 352 g/mol. The second kappa shape index (κ2) is 7.53. The number of hydrogen-bond donors (Lipinski definition) is 1. The third-order valence-corrected chi connectivity index (χ3v) is 5.38. The van der Waals surface area contributed by atoms with Gasteiger partial charge in [0.1, 0.15) is 0 Å². The molecule has 3 heterocycles. The quantitative estimate of drug-likeness (QED) is 0.881. The minimum atomic E-state index is 0. The molecule has 1 amide bonds. The number of rotatable bonds is 4. The fourth-order valence-electron chi connectivity index (χ4n) is 3.71. The van der Waals surface area contributed by atoms with Crippen molar-refractivity contribution in [2.45, 2.75) is 57.4 Å². The highest BCUT2D eigenvalue weighted by Gasteiger charge is 2.32. The predicted molar refractivity (Wildman–Crippen MR) is 103 cm³/mol. The zero-order valence-corrected chi connectivity index (χ0v) is 16.4. The molecule has 7 heteroatoms. The molecular formula is C19H27ClN4O2. The summed E-state index contributed by atoms with van der Waals surface area (Å²) in [5.41, 5.74) is 3.03. The molecule has 1 N–H and O–H groups in total. The molecule has 1 atom stereocenters. The van der Waals surface area contributed by atoms with Crippen molar-refractivity contribution in [3.8, 4) is 0 Å². The summed E-state index contributed by atoms with van der Waals surface area (Å²) >= 11 is 0. The van der Waals surface area contributed by atoms with Gasteiger partial charge in [0.2, 0.25) is 0 Å². The number of aromatic nitrogens is 2. The highest BCUT2D eigenvalue weighted by molar-refractivity contribution is 6.06. The van der Waals surface area contributed by atoms with Crippen molar-refractivity contribution in [3.05, 3.63) is 23.0 Å². The van der Waals surface area contributed by atoms with Crippen molar-refractivity contribution in [1.29, 1.82) is 0 Å². The molecule has 0 radical (unpaired) electrons. The van der Waals surface area contributed by atoms with E-state index in [1.54, 1.807) is 0 Å². The largest absolute Gasteiger partial charge is 0.337 e. The maximum Gasteiger partial charge on any atom is 0.259 e. The van der Waals surface area contributed by atoms with Gasteiger partial charge in [-0.25, -0.2) is 4.98 Å². The molecule has 2 aromatic rings. The van der Waals surface area contributed by atoms with Crippen LogP contribution in [0.4, 0.5) is 0 Å². The van der Waals surface area contributed by atoms with Gasteiger partial charge in [0.25, 0.3) is 11.6 Å². The van der Waals surface area contributed by atoms with E-state index in [2.05, 4.69) is 29.3 Å². The van der Waals surface area contributed by atoms with Gasteiger partial charge in [0.15, 0.2) is 0 Å². The zero-order chi connectivity index (χ0) is 17.6. The van der Waals surface area contributed by atoms with Gasteiger partial charge in [-0.2, -0.15) is 0 Å². The molecule has 1 saturated heterocycles. The molecule has 1 saturated carbocycles. The third-order valence-electron chi connectivity index (χ3n) is 5.38. The molecule has 0 bridgehead atoms. The highest BCUT2D eigenvalue weighted by atomic mass is 35.5. The summed E-state index contributed by atoms with van der Waals surface area (Å²) in [6.45, 7) is 5.69. The molecule has 1 unspecified atom stereocenters. The first-order valence-electron chi connectivity index (χ1n) is 9.35. The molecule has 1 aliphatic carbocycles. The zero-order valence-electron chi connectivity index (χ0n) is 15.6. The number of fused-ring (bicyclic) bond motifs is 1. The Balaban J connectivity index is 0.00000196. The number of nitrogens with one attached hydrogen (secondary N) is 1. The number of nitrogens with zero attached hydrogens (tertiary/aromatic N) is 3. The van der Waals surface area contributed by atoms with Crippen molar-refractivity contribution in [1.82, 2.24) is 20.4 Å². The normalized spacial score (nSPS) is 20.5. The number of likely N-dealkylation sites (tertiary alicyclic amines) is 1. The minimum absolute atomic E-state index is 0. The van der Waals surface area contributed by atoms with Crippen LogP contribution >= 0.6 is 12.4 Å². The molecule has 26 heavy (non-hydrogen) atoms. The molecule has 2 aliphatic rings. The lowest BCUT2D eigenvalue weighted by atomic mass is 9.99. The van der Waals surface area contributed by atoms with Gasteiger partial charge >= 0.3 is 0 Å². The van der Waals surface area contributed by atoms with Gasteiger partial charge in [0, 0.05) is 30.7 Å². The molecule has 2 fully saturated rings. The van der Waals surface area contributed by atoms with E-state index in [1.807, 2.05) is 18.0 Å². The maximum absolute atomic E-state index is 13.3. The first-order valence-corrected chi connectivity index (χ1v) is 9.35. The third kappa shape index (κ3) is 3.45. The number of pyridine rings is 1. The summed E-state index contributed by atoms with van der Waals surface area (Å²) in [7, 11) is 1.96. The van der Waals surface area contributed by atoms with Crippen LogP contribution in [-0.4, -0.2) is 47.1 Å². The topological polar surface area (TPSA) is 71.3 Å². The van der Waals surface area contributed by atoms with E-state index >= 15 is 0 Å². The van der Waals surface area contributed by atoms with E-state index in [0.717, 1.165) is 55.5 Å². The highest BCUT2D eigenvalue weighted by Crippen LogP contribution is 2.41. The van der Waals surface area contributed by atoms with E-state index in [4.69, 9.17) is 4.52 Å². The summed E-state index contributed by atoms with van der Waals surface area (Å²) in [5, 5.41) is 8.32. The second-order valence-corrected chi connectivity index (χ2v) is 7.65. The summed E-state index contributed by atoms with van der Waals surface area (Å²) in [5.74, 6) is 0.738. The van der Waals surface area contributed by atoms with E-state index in [1.165, 1.54) is 0 Å². The van der Waals surface area contributed by atoms with Crippen LogP contribution in [0.25, 0.3) is 11.1 Å².